The van der Waals surface area contributed by atoms with Crippen molar-refractivity contribution >= 4 is 10.0 Å². The molecule has 0 spiro atoms. The van der Waals surface area contributed by atoms with Crippen LogP contribution < -0.4 is 10.4 Å². The van der Waals surface area contributed by atoms with Gasteiger partial charge in [0.05, 0.1) is 17.1 Å². The SMILES string of the molecule is O=c1n(CCNS(=O)(=O)c2cccc(F)c2)nc(C2CC2)n1-c1ccccc1. The molecule has 2 aromatic carbocycles. The van der Waals surface area contributed by atoms with Crippen LogP contribution in [0.15, 0.2) is 64.3 Å². The van der Waals surface area contributed by atoms with Crippen LogP contribution in [0.25, 0.3) is 5.69 Å². The minimum atomic E-state index is -3.87. The molecule has 0 radical (unpaired) electrons. The third kappa shape index (κ3) is 3.76. The summed E-state index contributed by atoms with van der Waals surface area (Å²) < 4.78 is 43.1. The van der Waals surface area contributed by atoms with Gasteiger partial charge in [-0.3, -0.25) is 0 Å². The smallest absolute Gasteiger partial charge is 0.247 e. The van der Waals surface area contributed by atoms with E-state index in [1.54, 1.807) is 4.57 Å². The third-order valence-electron chi connectivity index (χ3n) is 4.54. The van der Waals surface area contributed by atoms with E-state index >= 15 is 0 Å². The Kier molecular flexibility index (Phi) is 4.86. The van der Waals surface area contributed by atoms with Gasteiger partial charge in [-0.15, -0.1) is 0 Å². The normalized spacial score (nSPS) is 14.3. The average Bonchev–Trinajstić information content (AvgIpc) is 3.47. The van der Waals surface area contributed by atoms with Crippen molar-refractivity contribution in [3.63, 3.8) is 0 Å². The Hall–Kier alpha value is -2.78. The molecule has 1 N–H and O–H groups in total. The van der Waals surface area contributed by atoms with Crippen LogP contribution >= 0.6 is 0 Å². The van der Waals surface area contributed by atoms with Gasteiger partial charge in [-0.25, -0.2) is 31.6 Å². The molecule has 0 unspecified atom stereocenters. The molecule has 0 amide bonds. The fraction of sp³-hybridized carbons (Fsp3) is 0.263. The molecular formula is C19H19FN4O3S. The summed E-state index contributed by atoms with van der Waals surface area (Å²) in [5.41, 5.74) is 0.430. The standard InChI is InChI=1S/C19H19FN4O3S/c20-15-5-4-8-17(13-15)28(26,27)21-11-12-23-19(25)24(16-6-2-1-3-7-16)18(22-23)14-9-10-14/h1-8,13-14,21H,9-12H2. The molecule has 3 aromatic rings. The Morgan fingerprint density at radius 1 is 1.11 bits per heavy atom. The topological polar surface area (TPSA) is 86.0 Å². The van der Waals surface area contributed by atoms with Crippen molar-refractivity contribution in [3.05, 3.63) is 76.7 Å². The van der Waals surface area contributed by atoms with Gasteiger partial charge in [-0.1, -0.05) is 24.3 Å². The van der Waals surface area contributed by atoms with Gasteiger partial charge in [0.25, 0.3) is 0 Å². The molecule has 1 fully saturated rings. The van der Waals surface area contributed by atoms with Crippen molar-refractivity contribution in [3.8, 4) is 5.69 Å². The Balaban J connectivity index is 1.54. The van der Waals surface area contributed by atoms with Crippen molar-refractivity contribution in [1.29, 1.82) is 0 Å². The fourth-order valence-electron chi connectivity index (χ4n) is 3.00. The van der Waals surface area contributed by atoms with E-state index in [9.17, 15) is 17.6 Å². The van der Waals surface area contributed by atoms with Gasteiger partial charge in [0, 0.05) is 12.5 Å². The molecule has 28 heavy (non-hydrogen) atoms. The molecule has 146 valence electrons. The zero-order chi connectivity index (χ0) is 19.7. The largest absolute Gasteiger partial charge is 0.350 e. The molecule has 9 heteroatoms. The van der Waals surface area contributed by atoms with E-state index in [0.29, 0.717) is 5.82 Å². The summed E-state index contributed by atoms with van der Waals surface area (Å²) in [6.07, 6.45) is 1.96. The van der Waals surface area contributed by atoms with Crippen molar-refractivity contribution in [2.75, 3.05) is 6.54 Å². The second-order valence-electron chi connectivity index (χ2n) is 6.66. The van der Waals surface area contributed by atoms with Crippen LogP contribution in [0.1, 0.15) is 24.6 Å². The number of para-hydroxylation sites is 1. The Bertz CT molecular complexity index is 1150. The summed E-state index contributed by atoms with van der Waals surface area (Å²) in [7, 11) is -3.87. The van der Waals surface area contributed by atoms with E-state index in [-0.39, 0.29) is 29.6 Å². The molecule has 0 bridgehead atoms. The lowest BCUT2D eigenvalue weighted by Gasteiger charge is -2.06. The molecule has 1 aliphatic carbocycles. The predicted octanol–water partition coefficient (Wildman–Crippen LogP) is 2.03. The quantitative estimate of drug-likeness (QED) is 0.655. The van der Waals surface area contributed by atoms with Gasteiger partial charge in [-0.05, 0) is 43.2 Å². The lowest BCUT2D eigenvalue weighted by atomic mass is 10.3. The van der Waals surface area contributed by atoms with Gasteiger partial charge < -0.3 is 0 Å². The molecule has 1 saturated carbocycles. The van der Waals surface area contributed by atoms with Crippen LogP contribution in [0.2, 0.25) is 0 Å². The van der Waals surface area contributed by atoms with Gasteiger partial charge in [0.15, 0.2) is 0 Å². The molecule has 1 aliphatic rings. The minimum absolute atomic E-state index is 0.0331. The lowest BCUT2D eigenvalue weighted by molar-refractivity contribution is 0.549. The highest BCUT2D eigenvalue weighted by molar-refractivity contribution is 7.89. The first-order valence-electron chi connectivity index (χ1n) is 8.96. The van der Waals surface area contributed by atoms with Crippen LogP contribution in [0.4, 0.5) is 4.39 Å². The van der Waals surface area contributed by atoms with Crippen molar-refractivity contribution in [2.45, 2.75) is 30.2 Å². The summed E-state index contributed by atoms with van der Waals surface area (Å²) >= 11 is 0. The lowest BCUT2D eigenvalue weighted by Crippen LogP contribution is -2.32. The first kappa shape index (κ1) is 18.6. The van der Waals surface area contributed by atoms with Crippen molar-refractivity contribution in [1.82, 2.24) is 19.1 Å². The van der Waals surface area contributed by atoms with Crippen molar-refractivity contribution in [2.24, 2.45) is 0 Å². The summed E-state index contributed by atoms with van der Waals surface area (Å²) in [5.74, 6) is 0.317. The minimum Gasteiger partial charge on any atom is -0.247 e. The maximum atomic E-state index is 13.3. The van der Waals surface area contributed by atoms with Gasteiger partial charge in [-0.2, -0.15) is 5.10 Å². The van der Waals surface area contributed by atoms with Crippen LogP contribution in [0.5, 0.6) is 0 Å². The first-order chi connectivity index (χ1) is 13.5. The number of sulfonamides is 1. The third-order valence-corrected chi connectivity index (χ3v) is 6.00. The van der Waals surface area contributed by atoms with E-state index in [1.165, 1.54) is 22.9 Å². The number of nitrogens with zero attached hydrogens (tertiary/aromatic N) is 3. The Morgan fingerprint density at radius 3 is 2.54 bits per heavy atom. The highest BCUT2D eigenvalue weighted by atomic mass is 32.2. The van der Waals surface area contributed by atoms with E-state index in [4.69, 9.17) is 0 Å². The van der Waals surface area contributed by atoms with Gasteiger partial charge >= 0.3 is 5.69 Å². The van der Waals surface area contributed by atoms with Crippen LogP contribution in [0, 0.1) is 5.82 Å². The van der Waals surface area contributed by atoms with Crippen molar-refractivity contribution < 1.29 is 12.8 Å². The molecule has 1 heterocycles. The Labute approximate surface area is 161 Å². The molecular weight excluding hydrogens is 383 g/mol. The number of rotatable bonds is 7. The van der Waals surface area contributed by atoms with Gasteiger partial charge in [0.2, 0.25) is 10.0 Å². The molecule has 1 aromatic heterocycles. The van der Waals surface area contributed by atoms with Gasteiger partial charge in [0.1, 0.15) is 11.6 Å². The summed E-state index contributed by atoms with van der Waals surface area (Å²) in [6, 6.07) is 14.0. The van der Waals surface area contributed by atoms with E-state index in [1.807, 2.05) is 30.3 Å². The molecule has 4 rings (SSSR count). The summed E-state index contributed by atoms with van der Waals surface area (Å²) in [5, 5.41) is 4.43. The number of hydrogen-bond acceptors (Lipinski definition) is 4. The summed E-state index contributed by atoms with van der Waals surface area (Å²) in [4.78, 5) is 12.7. The summed E-state index contributed by atoms with van der Waals surface area (Å²) in [6.45, 7) is 0.0432. The molecule has 0 aliphatic heterocycles. The highest BCUT2D eigenvalue weighted by Gasteiger charge is 2.31. The number of benzene rings is 2. The second-order valence-corrected chi connectivity index (χ2v) is 8.43. The number of hydrogen-bond donors (Lipinski definition) is 1. The monoisotopic (exact) mass is 402 g/mol. The highest BCUT2D eigenvalue weighted by Crippen LogP contribution is 2.39. The fourth-order valence-corrected chi connectivity index (χ4v) is 4.05. The Morgan fingerprint density at radius 2 is 1.86 bits per heavy atom. The van der Waals surface area contributed by atoms with Crippen LogP contribution in [-0.4, -0.2) is 29.3 Å². The van der Waals surface area contributed by atoms with Crippen LogP contribution in [0.3, 0.4) is 0 Å². The first-order valence-corrected chi connectivity index (χ1v) is 10.4. The maximum Gasteiger partial charge on any atom is 0.350 e. The molecule has 0 saturated heterocycles. The zero-order valence-electron chi connectivity index (χ0n) is 15.0. The van der Waals surface area contributed by atoms with E-state index < -0.39 is 15.8 Å². The van der Waals surface area contributed by atoms with Crippen LogP contribution in [-0.2, 0) is 16.6 Å². The van der Waals surface area contributed by atoms with E-state index in [0.717, 1.165) is 24.6 Å². The van der Waals surface area contributed by atoms with E-state index in [2.05, 4.69) is 9.82 Å². The average molecular weight is 402 g/mol. The number of halogens is 1. The zero-order valence-corrected chi connectivity index (χ0v) is 15.8. The molecule has 7 nitrogen and oxygen atoms in total. The second kappa shape index (κ2) is 7.33. The maximum absolute atomic E-state index is 13.3. The molecule has 0 atom stereocenters. The number of aromatic nitrogens is 3. The number of nitrogens with one attached hydrogen (secondary N) is 1. The predicted molar refractivity (Wildman–Crippen MR) is 101 cm³/mol.